The number of ether oxygens (including phenoxy) is 1. The van der Waals surface area contributed by atoms with Crippen molar-refractivity contribution < 1.29 is 9.84 Å². The number of aliphatic hydroxyl groups excluding tert-OH is 1. The van der Waals surface area contributed by atoms with Crippen molar-refractivity contribution in [1.29, 1.82) is 0 Å². The van der Waals surface area contributed by atoms with Crippen molar-refractivity contribution in [3.8, 4) is 0 Å². The van der Waals surface area contributed by atoms with Gasteiger partial charge in [0.05, 0.1) is 6.10 Å². The van der Waals surface area contributed by atoms with Crippen LogP contribution in [0.15, 0.2) is 22.7 Å². The minimum absolute atomic E-state index is 0.233. The SMILES string of the molecule is OCCCC[C@@H]1Nc2ccc(Br)cc2[C@H]2OCCC[C@@H]12. The predicted octanol–water partition coefficient (Wildman–Crippen LogP) is 3.87. The van der Waals surface area contributed by atoms with E-state index in [2.05, 4.69) is 39.4 Å². The summed E-state index contributed by atoms with van der Waals surface area (Å²) >= 11 is 3.56. The van der Waals surface area contributed by atoms with Crippen LogP contribution in [0.2, 0.25) is 0 Å². The molecule has 0 unspecified atom stereocenters. The van der Waals surface area contributed by atoms with Gasteiger partial charge in [0.15, 0.2) is 0 Å². The lowest BCUT2D eigenvalue weighted by molar-refractivity contribution is -0.0387. The van der Waals surface area contributed by atoms with Crippen LogP contribution in [0.3, 0.4) is 0 Å². The molecule has 2 N–H and O–H groups in total. The molecule has 0 bridgehead atoms. The molecule has 0 aliphatic carbocycles. The lowest BCUT2D eigenvalue weighted by atomic mass is 9.78. The number of fused-ring (bicyclic) bond motifs is 3. The Bertz CT molecular complexity index is 466. The molecular weight excluding hydrogens is 318 g/mol. The molecule has 1 aromatic rings. The molecule has 2 aliphatic rings. The van der Waals surface area contributed by atoms with Gasteiger partial charge < -0.3 is 15.2 Å². The molecule has 1 aromatic carbocycles. The Morgan fingerprint density at radius 1 is 1.35 bits per heavy atom. The van der Waals surface area contributed by atoms with E-state index in [-0.39, 0.29) is 6.10 Å². The van der Waals surface area contributed by atoms with Gasteiger partial charge in [-0.1, -0.05) is 15.9 Å². The van der Waals surface area contributed by atoms with E-state index in [0.717, 1.165) is 36.8 Å². The minimum Gasteiger partial charge on any atom is -0.396 e. The van der Waals surface area contributed by atoms with Crippen molar-refractivity contribution in [1.82, 2.24) is 0 Å². The second-order valence-electron chi connectivity index (χ2n) is 5.80. The van der Waals surface area contributed by atoms with Crippen molar-refractivity contribution in [3.63, 3.8) is 0 Å². The van der Waals surface area contributed by atoms with E-state index in [9.17, 15) is 0 Å². The molecule has 20 heavy (non-hydrogen) atoms. The molecule has 2 aliphatic heterocycles. The van der Waals surface area contributed by atoms with Gasteiger partial charge in [-0.05, 0) is 50.3 Å². The molecule has 0 saturated carbocycles. The van der Waals surface area contributed by atoms with Crippen LogP contribution in [0.1, 0.15) is 43.8 Å². The molecule has 0 amide bonds. The molecule has 0 spiro atoms. The van der Waals surface area contributed by atoms with E-state index in [1.54, 1.807) is 0 Å². The van der Waals surface area contributed by atoms with Gasteiger partial charge in [0.1, 0.15) is 0 Å². The van der Waals surface area contributed by atoms with Crippen LogP contribution in [0, 0.1) is 5.92 Å². The van der Waals surface area contributed by atoms with E-state index in [1.165, 1.54) is 17.7 Å². The highest BCUT2D eigenvalue weighted by Gasteiger charge is 2.38. The highest BCUT2D eigenvalue weighted by Crippen LogP contribution is 2.45. The third kappa shape index (κ3) is 2.87. The van der Waals surface area contributed by atoms with Gasteiger partial charge in [-0.3, -0.25) is 0 Å². The quantitative estimate of drug-likeness (QED) is 0.818. The van der Waals surface area contributed by atoms with E-state index >= 15 is 0 Å². The summed E-state index contributed by atoms with van der Waals surface area (Å²) in [6.07, 6.45) is 5.69. The molecule has 0 aromatic heterocycles. The van der Waals surface area contributed by atoms with Gasteiger partial charge >= 0.3 is 0 Å². The summed E-state index contributed by atoms with van der Waals surface area (Å²) in [5, 5.41) is 12.7. The first-order valence-electron chi connectivity index (χ1n) is 7.58. The number of nitrogens with one attached hydrogen (secondary N) is 1. The topological polar surface area (TPSA) is 41.5 Å². The normalized spacial score (nSPS) is 28.4. The molecule has 1 fully saturated rings. The standard InChI is InChI=1S/C16H22BrNO2/c17-11-6-7-15-13(10-11)16-12(4-3-9-20-16)14(18-15)5-1-2-8-19/h6-7,10,12,14,16,18-19H,1-5,8-9H2/t12-,14-,16-/m0/s1. The van der Waals surface area contributed by atoms with Crippen LogP contribution >= 0.6 is 15.9 Å². The first-order valence-corrected chi connectivity index (χ1v) is 8.37. The van der Waals surface area contributed by atoms with Crippen LogP contribution in [0.25, 0.3) is 0 Å². The zero-order chi connectivity index (χ0) is 13.9. The number of benzene rings is 1. The number of hydrogen-bond acceptors (Lipinski definition) is 3. The molecule has 1 saturated heterocycles. The average molecular weight is 340 g/mol. The van der Waals surface area contributed by atoms with Gasteiger partial charge in [0.2, 0.25) is 0 Å². The lowest BCUT2D eigenvalue weighted by Gasteiger charge is -2.43. The van der Waals surface area contributed by atoms with Gasteiger partial charge in [-0.25, -0.2) is 0 Å². The van der Waals surface area contributed by atoms with Crippen LogP contribution < -0.4 is 5.32 Å². The van der Waals surface area contributed by atoms with Crippen molar-refractivity contribution in [3.05, 3.63) is 28.2 Å². The Morgan fingerprint density at radius 3 is 3.10 bits per heavy atom. The van der Waals surface area contributed by atoms with Crippen LogP contribution in [0.4, 0.5) is 5.69 Å². The van der Waals surface area contributed by atoms with Gasteiger partial charge in [-0.2, -0.15) is 0 Å². The number of halogens is 1. The first-order chi connectivity index (χ1) is 9.79. The second kappa shape index (κ2) is 6.46. The highest BCUT2D eigenvalue weighted by atomic mass is 79.9. The Labute approximate surface area is 128 Å². The Balaban J connectivity index is 1.83. The average Bonchev–Trinajstić information content (AvgIpc) is 2.48. The fraction of sp³-hybridized carbons (Fsp3) is 0.625. The summed E-state index contributed by atoms with van der Waals surface area (Å²) in [6.45, 7) is 1.16. The first kappa shape index (κ1) is 14.4. The number of aliphatic hydroxyl groups is 1. The molecule has 110 valence electrons. The summed E-state index contributed by atoms with van der Waals surface area (Å²) in [4.78, 5) is 0. The van der Waals surface area contributed by atoms with Crippen molar-refractivity contribution in [2.45, 2.75) is 44.2 Å². The van der Waals surface area contributed by atoms with Crippen LogP contribution in [0.5, 0.6) is 0 Å². The molecule has 3 rings (SSSR count). The minimum atomic E-state index is 0.233. The van der Waals surface area contributed by atoms with E-state index in [0.29, 0.717) is 18.6 Å². The van der Waals surface area contributed by atoms with Gasteiger partial charge in [-0.15, -0.1) is 0 Å². The van der Waals surface area contributed by atoms with Crippen molar-refractivity contribution >= 4 is 21.6 Å². The summed E-state index contributed by atoms with van der Waals surface area (Å²) < 4.78 is 7.21. The summed E-state index contributed by atoms with van der Waals surface area (Å²) in [5.74, 6) is 0.559. The molecule has 2 heterocycles. The molecule has 0 radical (unpaired) electrons. The summed E-state index contributed by atoms with van der Waals surface area (Å²) in [5.41, 5.74) is 2.51. The Hall–Kier alpha value is -0.580. The third-order valence-corrected chi connectivity index (χ3v) is 4.96. The van der Waals surface area contributed by atoms with E-state index < -0.39 is 0 Å². The maximum Gasteiger partial charge on any atom is 0.0892 e. The number of rotatable bonds is 4. The number of unbranched alkanes of at least 4 members (excludes halogenated alkanes) is 1. The molecule has 4 heteroatoms. The number of hydrogen-bond donors (Lipinski definition) is 2. The van der Waals surface area contributed by atoms with Crippen LogP contribution in [-0.4, -0.2) is 24.4 Å². The fourth-order valence-corrected chi connectivity index (χ4v) is 3.89. The Kier molecular flexibility index (Phi) is 4.64. The number of anilines is 1. The zero-order valence-electron chi connectivity index (χ0n) is 11.6. The van der Waals surface area contributed by atoms with Gasteiger partial charge in [0.25, 0.3) is 0 Å². The molecular formula is C16H22BrNO2. The third-order valence-electron chi connectivity index (χ3n) is 4.47. The lowest BCUT2D eigenvalue weighted by Crippen LogP contribution is -2.41. The van der Waals surface area contributed by atoms with Gasteiger partial charge in [0, 0.05) is 40.9 Å². The summed E-state index contributed by atoms with van der Waals surface area (Å²) in [6, 6.07) is 6.89. The maximum atomic E-state index is 8.97. The van der Waals surface area contributed by atoms with Crippen molar-refractivity contribution in [2.75, 3.05) is 18.5 Å². The second-order valence-corrected chi connectivity index (χ2v) is 6.71. The Morgan fingerprint density at radius 2 is 2.25 bits per heavy atom. The molecule has 3 atom stereocenters. The van der Waals surface area contributed by atoms with E-state index in [1.807, 2.05) is 0 Å². The monoisotopic (exact) mass is 339 g/mol. The maximum absolute atomic E-state index is 8.97. The van der Waals surface area contributed by atoms with Crippen LogP contribution in [-0.2, 0) is 4.74 Å². The highest BCUT2D eigenvalue weighted by molar-refractivity contribution is 9.10. The zero-order valence-corrected chi connectivity index (χ0v) is 13.2. The fourth-order valence-electron chi connectivity index (χ4n) is 3.51. The predicted molar refractivity (Wildman–Crippen MR) is 83.9 cm³/mol. The molecule has 3 nitrogen and oxygen atoms in total. The van der Waals surface area contributed by atoms with Crippen molar-refractivity contribution in [2.24, 2.45) is 5.92 Å². The summed E-state index contributed by atoms with van der Waals surface area (Å²) in [7, 11) is 0. The smallest absolute Gasteiger partial charge is 0.0892 e. The largest absolute Gasteiger partial charge is 0.396 e. The van der Waals surface area contributed by atoms with E-state index in [4.69, 9.17) is 9.84 Å².